The summed E-state index contributed by atoms with van der Waals surface area (Å²) in [6.45, 7) is 0. The Balaban J connectivity index is 1.23. The number of halogens is 1. The number of hydrogen-bond donors (Lipinski definition) is 0. The topological polar surface area (TPSA) is 38.7 Å². The van der Waals surface area contributed by atoms with Gasteiger partial charge in [-0.25, -0.2) is 4.98 Å². The first-order valence-corrected chi connectivity index (χ1v) is 15.3. The van der Waals surface area contributed by atoms with Crippen molar-refractivity contribution in [3.8, 4) is 56.2 Å². The molecule has 45 heavy (non-hydrogen) atoms. The summed E-state index contributed by atoms with van der Waals surface area (Å²) in [6.07, 6.45) is 0. The Bertz CT molecular complexity index is 2340. The van der Waals surface area contributed by atoms with Gasteiger partial charge in [0, 0.05) is 11.1 Å². The lowest BCUT2D eigenvalue weighted by atomic mass is 9.92. The van der Waals surface area contributed by atoms with Gasteiger partial charge in [0.15, 0.2) is 11.6 Å². The second kappa shape index (κ2) is 11.5. The van der Waals surface area contributed by atoms with Gasteiger partial charge in [-0.15, -0.1) is 0 Å². The van der Waals surface area contributed by atoms with Gasteiger partial charge in [-0.2, -0.15) is 9.97 Å². The number of hydrogen-bond acceptors (Lipinski definition) is 3. The molecule has 0 unspecified atom stereocenters. The van der Waals surface area contributed by atoms with Gasteiger partial charge in [0.1, 0.15) is 0 Å². The van der Waals surface area contributed by atoms with Crippen LogP contribution in [0.25, 0.3) is 77.7 Å². The van der Waals surface area contributed by atoms with Crippen LogP contribution in [-0.4, -0.2) is 15.0 Å². The largest absolute Gasteiger partial charge is 0.226 e. The minimum absolute atomic E-state index is 0.158. The van der Waals surface area contributed by atoms with E-state index in [-0.39, 0.29) is 5.28 Å². The van der Waals surface area contributed by atoms with Crippen LogP contribution >= 0.6 is 11.6 Å². The van der Waals surface area contributed by atoms with Crippen LogP contribution in [0.15, 0.2) is 158 Å². The van der Waals surface area contributed by atoms with Crippen molar-refractivity contribution in [2.24, 2.45) is 0 Å². The summed E-state index contributed by atoms with van der Waals surface area (Å²) >= 11 is 6.59. The molecule has 0 bridgehead atoms. The molecule has 0 saturated carbocycles. The second-order valence-electron chi connectivity index (χ2n) is 11.0. The van der Waals surface area contributed by atoms with Gasteiger partial charge >= 0.3 is 0 Å². The third kappa shape index (κ3) is 5.04. The summed E-state index contributed by atoms with van der Waals surface area (Å²) in [5, 5.41) is 4.91. The number of fused-ring (bicyclic) bond motifs is 2. The SMILES string of the molecule is Clc1nc(-c2cccc(-c3cccc4c(-c5ccccc5)cccc34)c2)nc(-c2ccccc2-c2cccc3ccccc23)n1. The molecule has 8 rings (SSSR count). The Hall–Kier alpha value is -5.64. The van der Waals surface area contributed by atoms with Crippen LogP contribution < -0.4 is 0 Å². The zero-order chi connectivity index (χ0) is 30.2. The highest BCUT2D eigenvalue weighted by atomic mass is 35.5. The molecule has 1 aromatic heterocycles. The molecule has 0 aliphatic heterocycles. The molecular weight excluding hydrogens is 570 g/mol. The molecule has 4 heteroatoms. The number of aromatic nitrogens is 3. The number of rotatable bonds is 5. The highest BCUT2D eigenvalue weighted by molar-refractivity contribution is 6.28. The molecule has 0 atom stereocenters. The molecule has 0 N–H and O–H groups in total. The molecule has 0 aliphatic carbocycles. The van der Waals surface area contributed by atoms with Crippen LogP contribution in [0, 0.1) is 0 Å². The normalized spacial score (nSPS) is 11.2. The van der Waals surface area contributed by atoms with E-state index in [0.29, 0.717) is 11.6 Å². The van der Waals surface area contributed by atoms with E-state index in [1.165, 1.54) is 32.7 Å². The van der Waals surface area contributed by atoms with Crippen molar-refractivity contribution in [1.29, 1.82) is 0 Å². The summed E-state index contributed by atoms with van der Waals surface area (Å²) in [6, 6.07) is 54.8. The van der Waals surface area contributed by atoms with Gasteiger partial charge in [-0.05, 0) is 72.6 Å². The van der Waals surface area contributed by atoms with Gasteiger partial charge in [-0.3, -0.25) is 0 Å². The monoisotopic (exact) mass is 595 g/mol. The minimum atomic E-state index is 0.158. The first-order chi connectivity index (χ1) is 22.2. The van der Waals surface area contributed by atoms with Gasteiger partial charge in [-0.1, -0.05) is 152 Å². The maximum absolute atomic E-state index is 6.59. The summed E-state index contributed by atoms with van der Waals surface area (Å²) in [5.74, 6) is 1.07. The smallest absolute Gasteiger partial charge is 0.208 e. The Morgan fingerprint density at radius 3 is 1.67 bits per heavy atom. The van der Waals surface area contributed by atoms with E-state index >= 15 is 0 Å². The van der Waals surface area contributed by atoms with Crippen LogP contribution in [-0.2, 0) is 0 Å². The fraction of sp³-hybridized carbons (Fsp3) is 0. The molecule has 7 aromatic carbocycles. The molecule has 1 heterocycles. The molecule has 0 spiro atoms. The maximum atomic E-state index is 6.59. The average Bonchev–Trinajstić information content (AvgIpc) is 3.11. The lowest BCUT2D eigenvalue weighted by Gasteiger charge is -2.13. The van der Waals surface area contributed by atoms with Crippen LogP contribution in [0.4, 0.5) is 0 Å². The molecule has 0 fully saturated rings. The number of nitrogens with zero attached hydrogens (tertiary/aromatic N) is 3. The molecule has 212 valence electrons. The Kier molecular flexibility index (Phi) is 6.86. The Labute approximate surface area is 266 Å². The molecular formula is C41H26ClN3. The van der Waals surface area contributed by atoms with Crippen LogP contribution in [0.2, 0.25) is 5.28 Å². The number of benzene rings is 7. The highest BCUT2D eigenvalue weighted by Crippen LogP contribution is 2.38. The third-order valence-corrected chi connectivity index (χ3v) is 8.46. The summed E-state index contributed by atoms with van der Waals surface area (Å²) < 4.78 is 0. The predicted octanol–water partition coefficient (Wildman–Crippen LogP) is 11.2. The zero-order valence-corrected chi connectivity index (χ0v) is 25.0. The van der Waals surface area contributed by atoms with Crippen molar-refractivity contribution in [2.75, 3.05) is 0 Å². The van der Waals surface area contributed by atoms with E-state index in [9.17, 15) is 0 Å². The van der Waals surface area contributed by atoms with Crippen LogP contribution in [0.5, 0.6) is 0 Å². The average molecular weight is 596 g/mol. The van der Waals surface area contributed by atoms with Crippen molar-refractivity contribution in [1.82, 2.24) is 15.0 Å². The van der Waals surface area contributed by atoms with Gasteiger partial charge in [0.25, 0.3) is 0 Å². The summed E-state index contributed by atoms with van der Waals surface area (Å²) in [5.41, 5.74) is 8.58. The third-order valence-electron chi connectivity index (χ3n) is 8.29. The second-order valence-corrected chi connectivity index (χ2v) is 11.3. The van der Waals surface area contributed by atoms with Gasteiger partial charge in [0.2, 0.25) is 5.28 Å². The van der Waals surface area contributed by atoms with E-state index in [4.69, 9.17) is 16.6 Å². The first-order valence-electron chi connectivity index (χ1n) is 14.9. The molecule has 0 saturated heterocycles. The first kappa shape index (κ1) is 26.9. The molecule has 3 nitrogen and oxygen atoms in total. The van der Waals surface area contributed by atoms with Crippen molar-refractivity contribution >= 4 is 33.1 Å². The van der Waals surface area contributed by atoms with Crippen molar-refractivity contribution in [3.05, 3.63) is 163 Å². The van der Waals surface area contributed by atoms with Crippen molar-refractivity contribution in [2.45, 2.75) is 0 Å². The zero-order valence-electron chi connectivity index (χ0n) is 24.2. The quantitative estimate of drug-likeness (QED) is 0.199. The van der Waals surface area contributed by atoms with E-state index in [1.54, 1.807) is 0 Å². The predicted molar refractivity (Wildman–Crippen MR) is 187 cm³/mol. The van der Waals surface area contributed by atoms with E-state index in [0.717, 1.165) is 33.4 Å². The van der Waals surface area contributed by atoms with Gasteiger partial charge < -0.3 is 0 Å². The molecule has 0 amide bonds. The molecule has 8 aromatic rings. The lowest BCUT2D eigenvalue weighted by Crippen LogP contribution is -1.99. The molecule has 0 aliphatic rings. The minimum Gasteiger partial charge on any atom is -0.208 e. The van der Waals surface area contributed by atoms with Crippen LogP contribution in [0.1, 0.15) is 0 Å². The van der Waals surface area contributed by atoms with E-state index in [1.807, 2.05) is 36.4 Å². The lowest BCUT2D eigenvalue weighted by molar-refractivity contribution is 1.07. The van der Waals surface area contributed by atoms with Crippen molar-refractivity contribution < 1.29 is 0 Å². The van der Waals surface area contributed by atoms with Crippen LogP contribution in [0.3, 0.4) is 0 Å². The van der Waals surface area contributed by atoms with E-state index < -0.39 is 0 Å². The van der Waals surface area contributed by atoms with E-state index in [2.05, 4.69) is 131 Å². The van der Waals surface area contributed by atoms with Gasteiger partial charge in [0.05, 0.1) is 0 Å². The summed E-state index contributed by atoms with van der Waals surface area (Å²) in [7, 11) is 0. The highest BCUT2D eigenvalue weighted by Gasteiger charge is 2.16. The Morgan fingerprint density at radius 2 is 0.844 bits per heavy atom. The molecule has 0 radical (unpaired) electrons. The standard InChI is InChI=1S/C41H26ClN3/c42-41-44-39(43-40(45-41)38-20-7-6-19-37(38)35-23-9-15-28-14-4-5-18-31(28)35)30-17-8-16-29(26-30)33-22-11-24-34-32(21-10-25-36(33)34)27-12-2-1-3-13-27/h1-26H. The fourth-order valence-electron chi connectivity index (χ4n) is 6.23. The van der Waals surface area contributed by atoms with Crippen molar-refractivity contribution in [3.63, 3.8) is 0 Å². The Morgan fingerprint density at radius 1 is 0.333 bits per heavy atom. The summed E-state index contributed by atoms with van der Waals surface area (Å²) in [4.78, 5) is 14.2. The maximum Gasteiger partial charge on any atom is 0.226 e. The fourth-order valence-corrected chi connectivity index (χ4v) is 6.39.